The molecule has 0 bridgehead atoms. The van der Waals surface area contributed by atoms with E-state index in [0.717, 1.165) is 15.7 Å². The van der Waals surface area contributed by atoms with Gasteiger partial charge in [-0.1, -0.05) is 46.3 Å². The first-order chi connectivity index (χ1) is 8.66. The molecule has 1 amide bonds. The summed E-state index contributed by atoms with van der Waals surface area (Å²) < 4.78 is 0.964. The van der Waals surface area contributed by atoms with E-state index in [1.807, 2.05) is 54.6 Å². The van der Waals surface area contributed by atoms with Gasteiger partial charge in [-0.25, -0.2) is 0 Å². The van der Waals surface area contributed by atoms with Gasteiger partial charge in [0.15, 0.2) is 0 Å². The SMILES string of the molecule is O=C(Nc1ccc(Br)cc1)[C@H](Cl)c1ccccc1. The summed E-state index contributed by atoms with van der Waals surface area (Å²) in [5, 5.41) is 2.09. The fourth-order valence-corrected chi connectivity index (χ4v) is 1.98. The molecule has 0 radical (unpaired) electrons. The van der Waals surface area contributed by atoms with Gasteiger partial charge in [0.25, 0.3) is 0 Å². The Kier molecular flexibility index (Phi) is 4.39. The zero-order chi connectivity index (χ0) is 13.0. The number of rotatable bonds is 3. The van der Waals surface area contributed by atoms with Crippen LogP contribution in [0.25, 0.3) is 0 Å². The van der Waals surface area contributed by atoms with E-state index in [0.29, 0.717) is 0 Å². The fourth-order valence-electron chi connectivity index (χ4n) is 1.51. The van der Waals surface area contributed by atoms with Crippen LogP contribution in [-0.2, 0) is 4.79 Å². The minimum absolute atomic E-state index is 0.231. The quantitative estimate of drug-likeness (QED) is 0.835. The number of amides is 1. The number of anilines is 1. The summed E-state index contributed by atoms with van der Waals surface area (Å²) in [5.74, 6) is -0.231. The van der Waals surface area contributed by atoms with Crippen LogP contribution in [-0.4, -0.2) is 5.91 Å². The Morgan fingerprint density at radius 3 is 2.28 bits per heavy atom. The zero-order valence-corrected chi connectivity index (χ0v) is 11.8. The Labute approximate surface area is 119 Å². The molecule has 2 aromatic rings. The number of halogens is 2. The molecule has 0 saturated carbocycles. The van der Waals surface area contributed by atoms with Gasteiger partial charge in [-0.2, -0.15) is 0 Å². The molecule has 1 N–H and O–H groups in total. The second-order valence-electron chi connectivity index (χ2n) is 3.77. The van der Waals surface area contributed by atoms with Gasteiger partial charge in [0.05, 0.1) is 0 Å². The maximum atomic E-state index is 11.9. The molecule has 0 fully saturated rings. The van der Waals surface area contributed by atoms with Gasteiger partial charge in [0.1, 0.15) is 5.38 Å². The van der Waals surface area contributed by atoms with Crippen LogP contribution in [0.3, 0.4) is 0 Å². The van der Waals surface area contributed by atoms with Gasteiger partial charge >= 0.3 is 0 Å². The topological polar surface area (TPSA) is 29.1 Å². The lowest BCUT2D eigenvalue weighted by molar-refractivity contribution is -0.116. The second-order valence-corrected chi connectivity index (χ2v) is 5.12. The van der Waals surface area contributed by atoms with Gasteiger partial charge in [0.2, 0.25) is 5.91 Å². The van der Waals surface area contributed by atoms with Crippen LogP contribution in [0.2, 0.25) is 0 Å². The van der Waals surface area contributed by atoms with E-state index in [1.165, 1.54) is 0 Å². The maximum Gasteiger partial charge on any atom is 0.246 e. The maximum absolute atomic E-state index is 11.9. The number of hydrogen-bond donors (Lipinski definition) is 1. The van der Waals surface area contributed by atoms with Crippen molar-refractivity contribution in [3.8, 4) is 0 Å². The Bertz CT molecular complexity index is 527. The highest BCUT2D eigenvalue weighted by molar-refractivity contribution is 9.10. The summed E-state index contributed by atoms with van der Waals surface area (Å²) >= 11 is 9.46. The van der Waals surface area contributed by atoms with Crippen molar-refractivity contribution in [2.75, 3.05) is 5.32 Å². The van der Waals surface area contributed by atoms with Gasteiger partial charge in [-0.3, -0.25) is 4.79 Å². The second kappa shape index (κ2) is 6.03. The Morgan fingerprint density at radius 1 is 1.06 bits per heavy atom. The molecule has 0 aromatic heterocycles. The van der Waals surface area contributed by atoms with Crippen LogP contribution in [0.15, 0.2) is 59.1 Å². The molecule has 0 unspecified atom stereocenters. The Balaban J connectivity index is 2.06. The van der Waals surface area contributed by atoms with Gasteiger partial charge < -0.3 is 5.32 Å². The van der Waals surface area contributed by atoms with Crippen LogP contribution in [0.1, 0.15) is 10.9 Å². The smallest absolute Gasteiger partial charge is 0.246 e. The highest BCUT2D eigenvalue weighted by Gasteiger charge is 2.17. The summed E-state index contributed by atoms with van der Waals surface area (Å²) in [6.07, 6.45) is 0. The third kappa shape index (κ3) is 3.34. The average Bonchev–Trinajstić information content (AvgIpc) is 2.41. The average molecular weight is 325 g/mol. The van der Waals surface area contributed by atoms with E-state index in [4.69, 9.17) is 11.6 Å². The third-order valence-corrected chi connectivity index (χ3v) is 3.41. The van der Waals surface area contributed by atoms with Gasteiger partial charge in [-0.15, -0.1) is 11.6 Å². The van der Waals surface area contributed by atoms with Crippen LogP contribution in [0.4, 0.5) is 5.69 Å². The molecule has 92 valence electrons. The van der Waals surface area contributed by atoms with Crippen molar-refractivity contribution in [3.05, 3.63) is 64.6 Å². The van der Waals surface area contributed by atoms with E-state index < -0.39 is 5.38 Å². The molecule has 2 rings (SSSR count). The van der Waals surface area contributed by atoms with E-state index in [1.54, 1.807) is 0 Å². The van der Waals surface area contributed by atoms with Crippen LogP contribution in [0.5, 0.6) is 0 Å². The van der Waals surface area contributed by atoms with Crippen molar-refractivity contribution in [2.45, 2.75) is 5.38 Å². The molecule has 2 nitrogen and oxygen atoms in total. The summed E-state index contributed by atoms with van der Waals surface area (Å²) in [6.45, 7) is 0. The molecule has 4 heteroatoms. The van der Waals surface area contributed by atoms with Crippen molar-refractivity contribution >= 4 is 39.1 Å². The van der Waals surface area contributed by atoms with Crippen molar-refractivity contribution in [1.82, 2.24) is 0 Å². The van der Waals surface area contributed by atoms with Crippen molar-refractivity contribution in [3.63, 3.8) is 0 Å². The molecule has 18 heavy (non-hydrogen) atoms. The number of hydrogen-bond acceptors (Lipinski definition) is 1. The number of carbonyl (C=O) groups excluding carboxylic acids is 1. The lowest BCUT2D eigenvalue weighted by Crippen LogP contribution is -2.17. The molecule has 0 saturated heterocycles. The highest BCUT2D eigenvalue weighted by Crippen LogP contribution is 2.22. The van der Waals surface area contributed by atoms with Gasteiger partial charge in [0, 0.05) is 10.2 Å². The predicted octanol–water partition coefficient (Wildman–Crippen LogP) is 4.37. The molecule has 0 heterocycles. The number of carbonyl (C=O) groups is 1. The lowest BCUT2D eigenvalue weighted by Gasteiger charge is -2.10. The minimum atomic E-state index is -0.685. The Hall–Kier alpha value is -1.32. The molecular formula is C14H11BrClNO. The van der Waals surface area contributed by atoms with E-state index in [9.17, 15) is 4.79 Å². The molecule has 1 atom stereocenters. The van der Waals surface area contributed by atoms with Gasteiger partial charge in [-0.05, 0) is 29.8 Å². The fraction of sp³-hybridized carbons (Fsp3) is 0.0714. The minimum Gasteiger partial charge on any atom is -0.325 e. The van der Waals surface area contributed by atoms with Crippen LogP contribution in [0, 0.1) is 0 Å². The summed E-state index contributed by atoms with van der Waals surface area (Å²) in [6, 6.07) is 16.6. The standard InChI is InChI=1S/C14H11BrClNO/c15-11-6-8-12(9-7-11)17-14(18)13(16)10-4-2-1-3-5-10/h1-9,13H,(H,17,18)/t13-/m1/s1. The zero-order valence-electron chi connectivity index (χ0n) is 9.44. The van der Waals surface area contributed by atoms with E-state index >= 15 is 0 Å². The van der Waals surface area contributed by atoms with E-state index in [2.05, 4.69) is 21.2 Å². The first kappa shape index (κ1) is 13.1. The van der Waals surface area contributed by atoms with Crippen LogP contribution >= 0.6 is 27.5 Å². The van der Waals surface area contributed by atoms with Crippen molar-refractivity contribution in [1.29, 1.82) is 0 Å². The highest BCUT2D eigenvalue weighted by atomic mass is 79.9. The first-order valence-corrected chi connectivity index (χ1v) is 6.65. The molecule has 2 aromatic carbocycles. The largest absolute Gasteiger partial charge is 0.325 e. The first-order valence-electron chi connectivity index (χ1n) is 5.42. The summed E-state index contributed by atoms with van der Waals surface area (Å²) in [5.41, 5.74) is 1.51. The molecule has 0 aliphatic heterocycles. The Morgan fingerprint density at radius 2 is 1.67 bits per heavy atom. The normalized spacial score (nSPS) is 11.9. The number of benzene rings is 2. The summed E-state index contributed by atoms with van der Waals surface area (Å²) in [4.78, 5) is 11.9. The molecule has 0 aliphatic carbocycles. The monoisotopic (exact) mass is 323 g/mol. The molecule has 0 spiro atoms. The number of nitrogens with one attached hydrogen (secondary N) is 1. The number of alkyl halides is 1. The molecule has 0 aliphatic rings. The molecular weight excluding hydrogens is 314 g/mol. The van der Waals surface area contributed by atoms with Crippen molar-refractivity contribution < 1.29 is 4.79 Å². The third-order valence-electron chi connectivity index (χ3n) is 2.43. The van der Waals surface area contributed by atoms with Crippen LogP contribution < -0.4 is 5.32 Å². The predicted molar refractivity (Wildman–Crippen MR) is 77.8 cm³/mol. The summed E-state index contributed by atoms with van der Waals surface area (Å²) in [7, 11) is 0. The van der Waals surface area contributed by atoms with Crippen molar-refractivity contribution in [2.24, 2.45) is 0 Å². The van der Waals surface area contributed by atoms with E-state index in [-0.39, 0.29) is 5.91 Å². The lowest BCUT2D eigenvalue weighted by atomic mass is 10.1.